The van der Waals surface area contributed by atoms with E-state index < -0.39 is 30.8 Å². The molecule has 0 aliphatic carbocycles. The molecule has 0 heterocycles. The van der Waals surface area contributed by atoms with Crippen LogP contribution >= 0.6 is 0 Å². The second-order valence-corrected chi connectivity index (χ2v) is 8.20. The van der Waals surface area contributed by atoms with Gasteiger partial charge in [0.05, 0.1) is 0 Å². The smallest absolute Gasteiger partial charge is 0.480 e. The number of carbonyl (C=O) groups is 2. The van der Waals surface area contributed by atoms with Gasteiger partial charge >= 0.3 is 19.2 Å². The highest BCUT2D eigenvalue weighted by molar-refractivity contribution is 6.58. The highest BCUT2D eigenvalue weighted by Crippen LogP contribution is 2.28. The van der Waals surface area contributed by atoms with Gasteiger partial charge in [-0.05, 0) is 41.6 Å². The predicted octanol–water partition coefficient (Wildman–Crippen LogP) is 2.69. The number of benzene rings is 3. The Bertz CT molecular complexity index is 1080. The SMILES string of the molecule is CC(C)(OC(=O)N[C@@H](Cc1ccc([10B](O)O)cc1)C(=O)O)c1ccc(-c2ccccc2)cc1. The Morgan fingerprint density at radius 1 is 0.909 bits per heavy atom. The summed E-state index contributed by atoms with van der Waals surface area (Å²) in [6.07, 6.45) is -0.833. The summed E-state index contributed by atoms with van der Waals surface area (Å²) in [6.45, 7) is 3.47. The third-order valence-corrected chi connectivity index (χ3v) is 5.34. The molecule has 33 heavy (non-hydrogen) atoms. The quantitative estimate of drug-likeness (QED) is 0.396. The lowest BCUT2D eigenvalue weighted by Gasteiger charge is -2.27. The van der Waals surface area contributed by atoms with Crippen molar-refractivity contribution in [2.75, 3.05) is 0 Å². The number of rotatable bonds is 8. The molecule has 3 aromatic carbocycles. The fourth-order valence-electron chi connectivity index (χ4n) is 3.42. The van der Waals surface area contributed by atoms with Crippen LogP contribution in [0.25, 0.3) is 11.1 Å². The van der Waals surface area contributed by atoms with E-state index in [-0.39, 0.29) is 11.9 Å². The number of carboxylic acids is 1. The molecule has 0 unspecified atom stereocenters. The first kappa shape index (κ1) is 24.0. The number of ether oxygens (including phenoxy) is 1. The number of amides is 1. The van der Waals surface area contributed by atoms with E-state index in [2.05, 4.69) is 5.32 Å². The fourth-order valence-corrected chi connectivity index (χ4v) is 3.42. The summed E-state index contributed by atoms with van der Waals surface area (Å²) in [7, 11) is -1.61. The minimum Gasteiger partial charge on any atom is -0.480 e. The molecule has 0 fully saturated rings. The highest BCUT2D eigenvalue weighted by Gasteiger charge is 2.28. The van der Waals surface area contributed by atoms with Crippen LogP contribution in [0.2, 0.25) is 0 Å². The van der Waals surface area contributed by atoms with Crippen LogP contribution in [0.5, 0.6) is 0 Å². The zero-order chi connectivity index (χ0) is 24.0. The first-order chi connectivity index (χ1) is 15.7. The van der Waals surface area contributed by atoms with Crippen molar-refractivity contribution in [3.05, 3.63) is 90.0 Å². The van der Waals surface area contributed by atoms with Crippen molar-refractivity contribution in [2.24, 2.45) is 0 Å². The standard InChI is InChI=1S/C25H26BNO6/c1-25(2,20-12-10-19(11-13-20)18-6-4-3-5-7-18)33-24(30)27-22(23(28)29)16-17-8-14-21(15-9-17)26(31)32/h3-15,22,31-32H,16H2,1-2H3,(H,27,30)(H,28,29)/t22-/m0/s1/i26-1. The molecule has 0 bridgehead atoms. The van der Waals surface area contributed by atoms with Gasteiger partial charge in [0.15, 0.2) is 0 Å². The lowest BCUT2D eigenvalue weighted by molar-refractivity contribution is -0.139. The van der Waals surface area contributed by atoms with Crippen molar-refractivity contribution < 1.29 is 29.5 Å². The lowest BCUT2D eigenvalue weighted by atomic mass is 9.26. The number of nitrogens with one attached hydrogen (secondary N) is 1. The number of alkyl carbamates (subject to hydrolysis) is 1. The van der Waals surface area contributed by atoms with Crippen molar-refractivity contribution in [3.63, 3.8) is 0 Å². The van der Waals surface area contributed by atoms with Gasteiger partial charge in [-0.3, -0.25) is 0 Å². The third-order valence-electron chi connectivity index (χ3n) is 5.34. The topological polar surface area (TPSA) is 116 Å². The summed E-state index contributed by atoms with van der Waals surface area (Å²) >= 11 is 0. The van der Waals surface area contributed by atoms with Gasteiger partial charge in [0.25, 0.3) is 0 Å². The van der Waals surface area contributed by atoms with Gasteiger partial charge in [0.1, 0.15) is 11.6 Å². The summed E-state index contributed by atoms with van der Waals surface area (Å²) in [6, 6.07) is 22.5. The zero-order valence-corrected chi connectivity index (χ0v) is 18.4. The Kier molecular flexibility index (Phi) is 7.53. The number of carbonyl (C=O) groups excluding carboxylic acids is 1. The van der Waals surface area contributed by atoms with Crippen LogP contribution in [0.3, 0.4) is 0 Å². The average Bonchev–Trinajstić information content (AvgIpc) is 2.79. The van der Waals surface area contributed by atoms with E-state index in [1.54, 1.807) is 26.0 Å². The number of hydrogen-bond acceptors (Lipinski definition) is 5. The van der Waals surface area contributed by atoms with Gasteiger partial charge in [-0.2, -0.15) is 0 Å². The summed E-state index contributed by atoms with van der Waals surface area (Å²) < 4.78 is 5.56. The van der Waals surface area contributed by atoms with Gasteiger partial charge < -0.3 is 25.2 Å². The minimum atomic E-state index is -1.61. The van der Waals surface area contributed by atoms with Gasteiger partial charge in [0.2, 0.25) is 0 Å². The maximum absolute atomic E-state index is 12.5. The van der Waals surface area contributed by atoms with Gasteiger partial charge in [-0.1, -0.05) is 78.9 Å². The van der Waals surface area contributed by atoms with Gasteiger partial charge in [0, 0.05) is 6.42 Å². The number of hydrogen-bond donors (Lipinski definition) is 4. The number of carboxylic acid groups (broad SMARTS) is 1. The molecule has 0 saturated carbocycles. The van der Waals surface area contributed by atoms with E-state index in [9.17, 15) is 14.7 Å². The molecule has 170 valence electrons. The maximum atomic E-state index is 12.5. The molecular formula is C25H26BNO6. The van der Waals surface area contributed by atoms with Gasteiger partial charge in [-0.15, -0.1) is 0 Å². The molecule has 4 N–H and O–H groups in total. The molecule has 1 amide bonds. The summed E-state index contributed by atoms with van der Waals surface area (Å²) in [5, 5.41) is 30.3. The van der Waals surface area contributed by atoms with E-state index in [4.69, 9.17) is 14.8 Å². The largest absolute Gasteiger partial charge is 0.488 e. The lowest BCUT2D eigenvalue weighted by Crippen LogP contribution is -2.44. The molecule has 0 radical (unpaired) electrons. The van der Waals surface area contributed by atoms with Crippen molar-refractivity contribution in [1.29, 1.82) is 0 Å². The molecule has 0 aromatic heterocycles. The Labute approximate surface area is 192 Å². The maximum Gasteiger partial charge on any atom is 0.488 e. The van der Waals surface area contributed by atoms with E-state index in [1.165, 1.54) is 12.1 Å². The van der Waals surface area contributed by atoms with Crippen molar-refractivity contribution in [1.82, 2.24) is 5.32 Å². The predicted molar refractivity (Wildman–Crippen MR) is 126 cm³/mol. The fraction of sp³-hybridized carbons (Fsp3) is 0.200. The second kappa shape index (κ2) is 10.3. The molecule has 0 aliphatic heterocycles. The molecule has 3 aromatic rings. The Hall–Kier alpha value is -3.62. The van der Waals surface area contributed by atoms with E-state index in [1.807, 2.05) is 54.6 Å². The first-order valence-electron chi connectivity index (χ1n) is 10.5. The third kappa shape index (κ3) is 6.44. The zero-order valence-electron chi connectivity index (χ0n) is 18.4. The van der Waals surface area contributed by atoms with Crippen LogP contribution in [-0.2, 0) is 21.6 Å². The molecule has 3 rings (SSSR count). The van der Waals surface area contributed by atoms with E-state index >= 15 is 0 Å². The van der Waals surface area contributed by atoms with Crippen LogP contribution < -0.4 is 10.8 Å². The molecule has 8 heteroatoms. The van der Waals surface area contributed by atoms with E-state index in [0.29, 0.717) is 5.56 Å². The van der Waals surface area contributed by atoms with Crippen LogP contribution in [0.4, 0.5) is 4.79 Å². The summed E-state index contributed by atoms with van der Waals surface area (Å²) in [5.74, 6) is -1.21. The first-order valence-corrected chi connectivity index (χ1v) is 10.5. The van der Waals surface area contributed by atoms with Crippen molar-refractivity contribution >= 4 is 24.6 Å². The van der Waals surface area contributed by atoms with Crippen LogP contribution in [-0.4, -0.2) is 40.4 Å². The van der Waals surface area contributed by atoms with Crippen molar-refractivity contribution in [2.45, 2.75) is 31.9 Å². The Morgan fingerprint density at radius 3 is 2.03 bits per heavy atom. The molecule has 0 spiro atoms. The average molecular weight is 446 g/mol. The Morgan fingerprint density at radius 2 is 1.48 bits per heavy atom. The minimum absolute atomic E-state index is 0.0123. The van der Waals surface area contributed by atoms with Crippen LogP contribution in [0.1, 0.15) is 25.0 Å². The molecule has 0 saturated heterocycles. The van der Waals surface area contributed by atoms with Crippen LogP contribution in [0, 0.1) is 0 Å². The second-order valence-electron chi connectivity index (χ2n) is 8.20. The Balaban J connectivity index is 1.64. The normalized spacial score (nSPS) is 12.0. The summed E-state index contributed by atoms with van der Waals surface area (Å²) in [5.41, 5.74) is 2.79. The molecule has 1 atom stereocenters. The molecule has 0 aliphatic rings. The van der Waals surface area contributed by atoms with Crippen molar-refractivity contribution in [3.8, 4) is 11.1 Å². The summed E-state index contributed by atoms with van der Waals surface area (Å²) in [4.78, 5) is 24.2. The highest BCUT2D eigenvalue weighted by atomic mass is 16.6. The monoisotopic (exact) mass is 446 g/mol. The van der Waals surface area contributed by atoms with E-state index in [0.717, 1.165) is 16.7 Å². The van der Waals surface area contributed by atoms with Gasteiger partial charge in [-0.25, -0.2) is 9.59 Å². The molecule has 7 nitrogen and oxygen atoms in total. The van der Waals surface area contributed by atoms with Crippen LogP contribution in [0.15, 0.2) is 78.9 Å². The number of aliphatic carboxylic acids is 1. The molecular weight excluding hydrogens is 420 g/mol.